The van der Waals surface area contributed by atoms with E-state index in [9.17, 15) is 8.42 Å². The number of sulfonamides is 1. The predicted molar refractivity (Wildman–Crippen MR) is 74.1 cm³/mol. The van der Waals surface area contributed by atoms with Crippen molar-refractivity contribution in [1.82, 2.24) is 4.72 Å². The molecule has 1 fully saturated rings. The van der Waals surface area contributed by atoms with Crippen LogP contribution in [0.5, 0.6) is 0 Å². The Morgan fingerprint density at radius 2 is 1.94 bits per heavy atom. The number of alkyl halides is 1. The Morgan fingerprint density at radius 3 is 2.61 bits per heavy atom. The molecule has 5 heteroatoms. The standard InChI is InChI=1S/C13H18ClNO2S/c14-9-12-7-4-8-13(12)15-18(16,17)10-11-5-2-1-3-6-11/h1-3,5-6,12-13,15H,4,7-10H2. The summed E-state index contributed by atoms with van der Waals surface area (Å²) in [5.74, 6) is 0.843. The Kier molecular flexibility index (Phi) is 4.65. The second-order valence-electron chi connectivity index (χ2n) is 4.81. The van der Waals surface area contributed by atoms with Crippen molar-refractivity contribution in [2.75, 3.05) is 5.88 Å². The summed E-state index contributed by atoms with van der Waals surface area (Å²) < 4.78 is 26.9. The highest BCUT2D eigenvalue weighted by Crippen LogP contribution is 2.27. The van der Waals surface area contributed by atoms with E-state index in [-0.39, 0.29) is 17.7 Å². The summed E-state index contributed by atoms with van der Waals surface area (Å²) in [4.78, 5) is 0. The molecule has 0 bridgehead atoms. The molecular formula is C13H18ClNO2S. The summed E-state index contributed by atoms with van der Waals surface area (Å²) in [6.07, 6.45) is 2.96. The van der Waals surface area contributed by atoms with Crippen LogP contribution in [0.1, 0.15) is 24.8 Å². The van der Waals surface area contributed by atoms with E-state index in [1.165, 1.54) is 0 Å². The lowest BCUT2D eigenvalue weighted by atomic mass is 10.1. The molecule has 18 heavy (non-hydrogen) atoms. The van der Waals surface area contributed by atoms with E-state index in [2.05, 4.69) is 4.72 Å². The van der Waals surface area contributed by atoms with Gasteiger partial charge in [-0.1, -0.05) is 36.8 Å². The third-order valence-electron chi connectivity index (χ3n) is 3.39. The Morgan fingerprint density at radius 1 is 1.22 bits per heavy atom. The Hall–Kier alpha value is -0.580. The predicted octanol–water partition coefficient (Wildman–Crippen LogP) is 2.51. The maximum absolute atomic E-state index is 12.1. The molecule has 1 saturated carbocycles. The van der Waals surface area contributed by atoms with Crippen LogP contribution in [-0.2, 0) is 15.8 Å². The maximum atomic E-state index is 12.1. The van der Waals surface area contributed by atoms with Crippen molar-refractivity contribution in [3.63, 3.8) is 0 Å². The lowest BCUT2D eigenvalue weighted by molar-refractivity contribution is 0.480. The number of hydrogen-bond donors (Lipinski definition) is 1. The molecule has 0 spiro atoms. The van der Waals surface area contributed by atoms with Crippen LogP contribution in [0.25, 0.3) is 0 Å². The first-order chi connectivity index (χ1) is 8.61. The van der Waals surface area contributed by atoms with Crippen molar-refractivity contribution in [3.05, 3.63) is 35.9 Å². The van der Waals surface area contributed by atoms with Crippen LogP contribution in [0.4, 0.5) is 0 Å². The lowest BCUT2D eigenvalue weighted by Crippen LogP contribution is -2.38. The fourth-order valence-corrected chi connectivity index (χ4v) is 4.30. The molecule has 1 aliphatic carbocycles. The van der Waals surface area contributed by atoms with Gasteiger partial charge in [0.1, 0.15) is 0 Å². The molecule has 0 radical (unpaired) electrons. The summed E-state index contributed by atoms with van der Waals surface area (Å²) >= 11 is 5.86. The van der Waals surface area contributed by atoms with E-state index in [4.69, 9.17) is 11.6 Å². The van der Waals surface area contributed by atoms with Gasteiger partial charge in [-0.2, -0.15) is 0 Å². The van der Waals surface area contributed by atoms with Gasteiger partial charge in [0.25, 0.3) is 0 Å². The quantitative estimate of drug-likeness (QED) is 0.846. The normalized spacial score (nSPS) is 24.3. The first kappa shape index (κ1) is 13.8. The van der Waals surface area contributed by atoms with E-state index in [0.29, 0.717) is 5.88 Å². The van der Waals surface area contributed by atoms with E-state index in [0.717, 1.165) is 24.8 Å². The average Bonchev–Trinajstić information content (AvgIpc) is 2.76. The van der Waals surface area contributed by atoms with Crippen LogP contribution in [0.3, 0.4) is 0 Å². The van der Waals surface area contributed by atoms with E-state index in [1.54, 1.807) is 0 Å². The number of nitrogens with one attached hydrogen (secondary N) is 1. The molecule has 2 rings (SSSR count). The first-order valence-electron chi connectivity index (χ1n) is 6.20. The highest BCUT2D eigenvalue weighted by Gasteiger charge is 2.29. The van der Waals surface area contributed by atoms with Crippen molar-refractivity contribution < 1.29 is 8.42 Å². The molecule has 2 unspecified atom stereocenters. The number of rotatable bonds is 5. The summed E-state index contributed by atoms with van der Waals surface area (Å²) in [7, 11) is -3.27. The minimum Gasteiger partial charge on any atom is -0.212 e. The van der Waals surface area contributed by atoms with E-state index in [1.807, 2.05) is 30.3 Å². The van der Waals surface area contributed by atoms with Crippen molar-refractivity contribution in [2.24, 2.45) is 5.92 Å². The molecule has 0 aromatic heterocycles. The Bertz CT molecular complexity index is 475. The molecule has 0 heterocycles. The fourth-order valence-electron chi connectivity index (χ4n) is 2.44. The van der Waals surface area contributed by atoms with Gasteiger partial charge in [-0.05, 0) is 24.3 Å². The molecule has 100 valence electrons. The van der Waals surface area contributed by atoms with Gasteiger partial charge in [-0.25, -0.2) is 13.1 Å². The molecule has 1 aromatic rings. The maximum Gasteiger partial charge on any atom is 0.216 e. The zero-order valence-corrected chi connectivity index (χ0v) is 11.8. The second-order valence-corrected chi connectivity index (χ2v) is 6.88. The van der Waals surface area contributed by atoms with Gasteiger partial charge in [-0.3, -0.25) is 0 Å². The molecule has 0 saturated heterocycles. The van der Waals surface area contributed by atoms with Crippen LogP contribution >= 0.6 is 11.6 Å². The summed E-state index contributed by atoms with van der Waals surface area (Å²) in [6, 6.07) is 9.24. The van der Waals surface area contributed by atoms with Crippen LogP contribution in [0, 0.1) is 5.92 Å². The highest BCUT2D eigenvalue weighted by atomic mass is 35.5. The molecule has 2 atom stereocenters. The van der Waals surface area contributed by atoms with Crippen molar-refractivity contribution >= 4 is 21.6 Å². The summed E-state index contributed by atoms with van der Waals surface area (Å²) in [6.45, 7) is 0. The van der Waals surface area contributed by atoms with E-state index >= 15 is 0 Å². The zero-order valence-electron chi connectivity index (χ0n) is 10.2. The minimum atomic E-state index is -3.27. The Balaban J connectivity index is 1.99. The van der Waals surface area contributed by atoms with Gasteiger partial charge >= 0.3 is 0 Å². The molecule has 0 aliphatic heterocycles. The lowest BCUT2D eigenvalue weighted by Gasteiger charge is -2.18. The van der Waals surface area contributed by atoms with Crippen LogP contribution < -0.4 is 4.72 Å². The van der Waals surface area contributed by atoms with E-state index < -0.39 is 10.0 Å². The van der Waals surface area contributed by atoms with Crippen molar-refractivity contribution in [1.29, 1.82) is 0 Å². The van der Waals surface area contributed by atoms with Gasteiger partial charge in [0.15, 0.2) is 0 Å². The Labute approximate surface area is 114 Å². The van der Waals surface area contributed by atoms with Gasteiger partial charge < -0.3 is 0 Å². The van der Waals surface area contributed by atoms with Gasteiger partial charge in [0, 0.05) is 11.9 Å². The summed E-state index contributed by atoms with van der Waals surface area (Å²) in [5.41, 5.74) is 0.811. The second kappa shape index (κ2) is 6.04. The highest BCUT2D eigenvalue weighted by molar-refractivity contribution is 7.88. The number of hydrogen-bond acceptors (Lipinski definition) is 2. The average molecular weight is 288 g/mol. The molecule has 1 aromatic carbocycles. The molecular weight excluding hydrogens is 270 g/mol. The third kappa shape index (κ3) is 3.70. The van der Waals surface area contributed by atoms with Crippen LogP contribution in [-0.4, -0.2) is 20.3 Å². The zero-order chi connectivity index (χ0) is 13.0. The van der Waals surface area contributed by atoms with Gasteiger partial charge in [-0.15, -0.1) is 11.6 Å². The summed E-state index contributed by atoms with van der Waals surface area (Å²) in [5, 5.41) is 0. The molecule has 0 amide bonds. The monoisotopic (exact) mass is 287 g/mol. The number of halogens is 1. The van der Waals surface area contributed by atoms with Crippen LogP contribution in [0.2, 0.25) is 0 Å². The largest absolute Gasteiger partial charge is 0.216 e. The van der Waals surface area contributed by atoms with Crippen LogP contribution in [0.15, 0.2) is 30.3 Å². The number of benzene rings is 1. The molecule has 1 aliphatic rings. The molecule has 3 nitrogen and oxygen atoms in total. The van der Waals surface area contributed by atoms with Crippen molar-refractivity contribution in [3.8, 4) is 0 Å². The van der Waals surface area contributed by atoms with Gasteiger partial charge in [0.05, 0.1) is 5.75 Å². The topological polar surface area (TPSA) is 46.2 Å². The fraction of sp³-hybridized carbons (Fsp3) is 0.538. The molecule has 1 N–H and O–H groups in total. The van der Waals surface area contributed by atoms with Gasteiger partial charge in [0.2, 0.25) is 10.0 Å². The third-order valence-corrected chi connectivity index (χ3v) is 5.16. The smallest absolute Gasteiger partial charge is 0.212 e. The minimum absolute atomic E-state index is 0.0104. The SMILES string of the molecule is O=S(=O)(Cc1ccccc1)NC1CCCC1CCl. The first-order valence-corrected chi connectivity index (χ1v) is 8.39. The van der Waals surface area contributed by atoms with Crippen molar-refractivity contribution in [2.45, 2.75) is 31.1 Å².